The molecule has 162 valence electrons. The van der Waals surface area contributed by atoms with Crippen molar-refractivity contribution in [1.29, 1.82) is 0 Å². The minimum atomic E-state index is -4.05. The first kappa shape index (κ1) is 22.1. The number of sulfonamides is 1. The highest BCUT2D eigenvalue weighted by atomic mass is 35.5. The summed E-state index contributed by atoms with van der Waals surface area (Å²) in [5, 5.41) is 0.453. The van der Waals surface area contributed by atoms with Gasteiger partial charge in [-0.05, 0) is 60.9 Å². The van der Waals surface area contributed by atoms with E-state index in [1.165, 1.54) is 11.2 Å². The molecule has 0 saturated heterocycles. The number of carbonyl (C=O) groups excluding carboxylic acids is 1. The van der Waals surface area contributed by atoms with Gasteiger partial charge in [-0.25, -0.2) is 8.42 Å². The lowest BCUT2D eigenvalue weighted by atomic mass is 9.88. The van der Waals surface area contributed by atoms with E-state index in [1.807, 2.05) is 49.4 Å². The Balaban J connectivity index is 2.04. The summed E-state index contributed by atoms with van der Waals surface area (Å²) in [6, 6.07) is 20.3. The number of fused-ring (bicyclic) bond motifs is 1. The van der Waals surface area contributed by atoms with E-state index in [0.29, 0.717) is 21.8 Å². The molecule has 0 aromatic heterocycles. The van der Waals surface area contributed by atoms with E-state index in [-0.39, 0.29) is 16.3 Å². The molecule has 0 unspecified atom stereocenters. The summed E-state index contributed by atoms with van der Waals surface area (Å²) < 4.78 is 29.3. The highest BCUT2D eigenvalue weighted by Gasteiger charge is 2.40. The van der Waals surface area contributed by atoms with Crippen LogP contribution in [0.3, 0.4) is 0 Å². The van der Waals surface area contributed by atoms with Crippen molar-refractivity contribution in [2.75, 3.05) is 0 Å². The molecule has 6 heteroatoms. The molecule has 3 aromatic carbocycles. The molecule has 1 aliphatic heterocycles. The summed E-state index contributed by atoms with van der Waals surface area (Å²) in [5.41, 5.74) is 3.71. The van der Waals surface area contributed by atoms with Crippen LogP contribution in [-0.4, -0.2) is 18.5 Å². The Morgan fingerprint density at radius 3 is 2.28 bits per heavy atom. The number of ketones is 1. The van der Waals surface area contributed by atoms with E-state index in [9.17, 15) is 13.2 Å². The molecule has 0 N–H and O–H groups in total. The van der Waals surface area contributed by atoms with Gasteiger partial charge in [0.2, 0.25) is 0 Å². The van der Waals surface area contributed by atoms with Crippen LogP contribution in [0.4, 0.5) is 0 Å². The number of rotatable bonds is 5. The maximum absolute atomic E-state index is 14.0. The maximum Gasteiger partial charge on any atom is 0.265 e. The van der Waals surface area contributed by atoms with Crippen molar-refractivity contribution in [2.45, 2.75) is 24.8 Å². The molecule has 3 aromatic rings. The molecule has 0 spiro atoms. The zero-order valence-electron chi connectivity index (χ0n) is 17.7. The summed E-state index contributed by atoms with van der Waals surface area (Å²) in [7, 11) is -4.05. The Morgan fingerprint density at radius 1 is 1.00 bits per heavy atom. The van der Waals surface area contributed by atoms with Crippen LogP contribution in [0.25, 0.3) is 11.8 Å². The molecular weight excluding hydrogens is 442 g/mol. The van der Waals surface area contributed by atoms with Crippen molar-refractivity contribution >= 4 is 39.2 Å². The van der Waals surface area contributed by atoms with Gasteiger partial charge in [0.1, 0.15) is 0 Å². The first-order chi connectivity index (χ1) is 15.2. The Hall–Kier alpha value is -3.15. The summed E-state index contributed by atoms with van der Waals surface area (Å²) in [5.74, 6) is -0.292. The molecule has 0 radical (unpaired) electrons. The second-order valence-electron chi connectivity index (χ2n) is 7.77. The molecule has 0 aliphatic carbocycles. The normalized spacial score (nSPS) is 15.7. The first-order valence-electron chi connectivity index (χ1n) is 10.1. The number of hydrogen-bond donors (Lipinski definition) is 0. The van der Waals surface area contributed by atoms with Gasteiger partial charge in [0.15, 0.2) is 5.78 Å². The number of carbonyl (C=O) groups is 1. The Kier molecular flexibility index (Phi) is 5.80. The average Bonchev–Trinajstić information content (AvgIpc) is 2.78. The minimum absolute atomic E-state index is 0.136. The smallest absolute Gasteiger partial charge is 0.265 e. The van der Waals surface area contributed by atoms with Crippen molar-refractivity contribution in [3.8, 4) is 0 Å². The second kappa shape index (κ2) is 8.41. The molecule has 32 heavy (non-hydrogen) atoms. The van der Waals surface area contributed by atoms with E-state index < -0.39 is 16.1 Å². The van der Waals surface area contributed by atoms with Gasteiger partial charge < -0.3 is 0 Å². The highest BCUT2D eigenvalue weighted by Crippen LogP contribution is 2.46. The Morgan fingerprint density at radius 2 is 1.66 bits per heavy atom. The van der Waals surface area contributed by atoms with Crippen LogP contribution in [0.5, 0.6) is 0 Å². The van der Waals surface area contributed by atoms with Crippen LogP contribution in [-0.2, 0) is 14.8 Å². The van der Waals surface area contributed by atoms with Gasteiger partial charge in [-0.1, -0.05) is 72.3 Å². The monoisotopic (exact) mass is 463 g/mol. The van der Waals surface area contributed by atoms with Crippen molar-refractivity contribution in [3.05, 3.63) is 112 Å². The van der Waals surface area contributed by atoms with Crippen LogP contribution in [0, 0.1) is 6.92 Å². The van der Waals surface area contributed by atoms with Crippen LogP contribution in [0.15, 0.2) is 89.8 Å². The third kappa shape index (κ3) is 3.90. The largest absolute Gasteiger partial charge is 0.295 e. The number of aryl methyl sites for hydroxylation is 1. The third-order valence-corrected chi connectivity index (χ3v) is 7.57. The van der Waals surface area contributed by atoms with E-state index in [4.69, 9.17) is 11.6 Å². The van der Waals surface area contributed by atoms with Gasteiger partial charge >= 0.3 is 0 Å². The van der Waals surface area contributed by atoms with Crippen molar-refractivity contribution in [1.82, 2.24) is 4.31 Å². The highest BCUT2D eigenvalue weighted by molar-refractivity contribution is 7.89. The van der Waals surface area contributed by atoms with Crippen molar-refractivity contribution in [2.24, 2.45) is 0 Å². The molecule has 0 amide bonds. The summed E-state index contributed by atoms with van der Waals surface area (Å²) >= 11 is 6.27. The molecule has 0 bridgehead atoms. The zero-order valence-corrected chi connectivity index (χ0v) is 19.3. The third-order valence-electron chi connectivity index (χ3n) is 5.54. The van der Waals surface area contributed by atoms with Crippen molar-refractivity contribution in [3.63, 3.8) is 0 Å². The lowest BCUT2D eigenvalue weighted by molar-refractivity contribution is -0.114. The predicted octanol–water partition coefficient (Wildman–Crippen LogP) is 6.04. The molecule has 0 saturated carbocycles. The molecular formula is C26H22ClNO3S. The zero-order chi connectivity index (χ0) is 23.0. The second-order valence-corrected chi connectivity index (χ2v) is 10.0. The molecule has 1 aliphatic rings. The number of Topliss-reactive ketones (excluding diaryl/α,β-unsaturated/α-hetero) is 1. The van der Waals surface area contributed by atoms with Gasteiger partial charge in [-0.2, -0.15) is 0 Å². The number of halogens is 1. The minimum Gasteiger partial charge on any atom is -0.295 e. The fraction of sp³-hybridized carbons (Fsp3) is 0.115. The Bertz CT molecular complexity index is 1340. The quantitative estimate of drug-likeness (QED) is 0.433. The van der Waals surface area contributed by atoms with Gasteiger partial charge in [0.25, 0.3) is 10.0 Å². The van der Waals surface area contributed by atoms with Gasteiger partial charge in [0.05, 0.1) is 16.6 Å². The standard InChI is InChI=1S/C26H22ClNO3S/c1-17-9-13-23(14-10-17)32(30,31)28-25(20-7-5-4-6-8-20)15-21-11-12-22(27)16-24(21)26(28)18(2)19(3)29/h4-16,26H,2H2,1,3H3/t26-/m1/s1. The fourth-order valence-electron chi connectivity index (χ4n) is 3.82. The summed E-state index contributed by atoms with van der Waals surface area (Å²) in [4.78, 5) is 12.6. The maximum atomic E-state index is 14.0. The van der Waals surface area contributed by atoms with Crippen LogP contribution < -0.4 is 0 Å². The van der Waals surface area contributed by atoms with Gasteiger partial charge in [-0.3, -0.25) is 9.10 Å². The van der Waals surface area contributed by atoms with E-state index >= 15 is 0 Å². The van der Waals surface area contributed by atoms with Gasteiger partial charge in [-0.15, -0.1) is 0 Å². The van der Waals surface area contributed by atoms with Crippen molar-refractivity contribution < 1.29 is 13.2 Å². The topological polar surface area (TPSA) is 54.5 Å². The first-order valence-corrected chi connectivity index (χ1v) is 11.9. The SMILES string of the molecule is C=C(C(C)=O)[C@@H]1c2cc(Cl)ccc2C=C(c2ccccc2)N1S(=O)(=O)c1ccc(C)cc1. The summed E-state index contributed by atoms with van der Waals surface area (Å²) in [6.45, 7) is 7.27. The van der Waals surface area contributed by atoms with E-state index in [1.54, 1.807) is 36.4 Å². The number of benzene rings is 3. The fourth-order valence-corrected chi connectivity index (χ4v) is 5.65. The van der Waals surface area contributed by atoms with E-state index in [2.05, 4.69) is 6.58 Å². The van der Waals surface area contributed by atoms with Crippen LogP contribution in [0.1, 0.15) is 35.2 Å². The molecule has 4 rings (SSSR count). The lowest BCUT2D eigenvalue weighted by Crippen LogP contribution is -2.37. The average molecular weight is 464 g/mol. The van der Waals surface area contributed by atoms with E-state index in [0.717, 1.165) is 11.1 Å². The van der Waals surface area contributed by atoms with Gasteiger partial charge in [0, 0.05) is 10.6 Å². The number of hydrogen-bond acceptors (Lipinski definition) is 3. The number of nitrogens with zero attached hydrogens (tertiary/aromatic N) is 1. The summed E-state index contributed by atoms with van der Waals surface area (Å²) in [6.07, 6.45) is 1.82. The Labute approximate surface area is 193 Å². The van der Waals surface area contributed by atoms with Crippen LogP contribution >= 0.6 is 11.6 Å². The molecule has 4 nitrogen and oxygen atoms in total. The lowest BCUT2D eigenvalue weighted by Gasteiger charge is -2.39. The molecule has 0 fully saturated rings. The van der Waals surface area contributed by atoms with Crippen LogP contribution in [0.2, 0.25) is 5.02 Å². The molecule has 1 atom stereocenters. The molecule has 1 heterocycles. The predicted molar refractivity (Wildman–Crippen MR) is 129 cm³/mol.